The summed E-state index contributed by atoms with van der Waals surface area (Å²) in [5, 5.41) is 0.0506. The van der Waals surface area contributed by atoms with E-state index in [2.05, 4.69) is 4.40 Å². The van der Waals surface area contributed by atoms with Gasteiger partial charge in [-0.05, 0) is 55.1 Å². The Balaban J connectivity index is 1.96. The molecule has 2 heterocycles. The minimum absolute atomic E-state index is 0.0506. The molecular formula is C16H13FN2O4S2. The summed E-state index contributed by atoms with van der Waals surface area (Å²) in [7, 11) is -4.06. The SMILES string of the molecule is CCN1C(=O)/C(=C/c2ccco2)S/C1=N\S(=O)(=O)c1ccc(F)cc1. The van der Waals surface area contributed by atoms with E-state index in [1.807, 2.05) is 0 Å². The Morgan fingerprint density at radius 1 is 1.28 bits per heavy atom. The largest absolute Gasteiger partial charge is 0.465 e. The zero-order chi connectivity index (χ0) is 18.0. The highest BCUT2D eigenvalue weighted by molar-refractivity contribution is 8.19. The second kappa shape index (κ2) is 6.85. The van der Waals surface area contributed by atoms with Crippen molar-refractivity contribution in [2.45, 2.75) is 11.8 Å². The maximum Gasteiger partial charge on any atom is 0.284 e. The summed E-state index contributed by atoms with van der Waals surface area (Å²) in [5.74, 6) is -0.414. The number of sulfonamides is 1. The lowest BCUT2D eigenvalue weighted by molar-refractivity contribution is -0.122. The number of carbonyl (C=O) groups excluding carboxylic acids is 1. The maximum atomic E-state index is 13.0. The average molecular weight is 380 g/mol. The Hall–Kier alpha value is -2.39. The van der Waals surface area contributed by atoms with Crippen LogP contribution in [0.4, 0.5) is 4.39 Å². The van der Waals surface area contributed by atoms with E-state index in [1.165, 1.54) is 17.2 Å². The van der Waals surface area contributed by atoms with E-state index in [-0.39, 0.29) is 22.5 Å². The highest BCUT2D eigenvalue weighted by Crippen LogP contribution is 2.33. The van der Waals surface area contributed by atoms with E-state index in [9.17, 15) is 17.6 Å². The van der Waals surface area contributed by atoms with Crippen molar-refractivity contribution in [1.82, 2.24) is 4.90 Å². The van der Waals surface area contributed by atoms with Crippen molar-refractivity contribution in [3.8, 4) is 0 Å². The first kappa shape index (κ1) is 17.4. The first-order chi connectivity index (χ1) is 11.9. The van der Waals surface area contributed by atoms with Crippen LogP contribution in [0.2, 0.25) is 0 Å². The molecule has 1 fully saturated rings. The molecule has 1 aromatic heterocycles. The molecule has 25 heavy (non-hydrogen) atoms. The molecule has 1 aromatic carbocycles. The zero-order valence-electron chi connectivity index (χ0n) is 13.0. The highest BCUT2D eigenvalue weighted by Gasteiger charge is 2.34. The lowest BCUT2D eigenvalue weighted by Crippen LogP contribution is -2.29. The first-order valence-electron chi connectivity index (χ1n) is 7.26. The predicted octanol–water partition coefficient (Wildman–Crippen LogP) is 3.10. The number of amidine groups is 1. The standard InChI is InChI=1S/C16H13FN2O4S2/c1-2-19-15(20)14(10-12-4-3-9-23-12)24-16(19)18-25(21,22)13-7-5-11(17)6-8-13/h3-10H,2H2,1H3/b14-10-,18-16-. The van der Waals surface area contributed by atoms with Crippen LogP contribution in [0.15, 0.2) is 61.3 Å². The van der Waals surface area contributed by atoms with Gasteiger partial charge >= 0.3 is 0 Å². The monoisotopic (exact) mass is 380 g/mol. The number of likely N-dealkylation sites (N-methyl/N-ethyl adjacent to an activating group) is 1. The topological polar surface area (TPSA) is 80.0 Å². The Morgan fingerprint density at radius 3 is 2.60 bits per heavy atom. The fourth-order valence-electron chi connectivity index (χ4n) is 2.12. The molecule has 0 spiro atoms. The van der Waals surface area contributed by atoms with E-state index >= 15 is 0 Å². The molecule has 9 heteroatoms. The van der Waals surface area contributed by atoms with Gasteiger partial charge in [0, 0.05) is 12.6 Å². The fraction of sp³-hybridized carbons (Fsp3) is 0.125. The average Bonchev–Trinajstić information content (AvgIpc) is 3.17. The first-order valence-corrected chi connectivity index (χ1v) is 9.52. The van der Waals surface area contributed by atoms with Gasteiger partial charge in [-0.1, -0.05) is 0 Å². The maximum absolute atomic E-state index is 13.0. The van der Waals surface area contributed by atoms with Crippen molar-refractivity contribution in [1.29, 1.82) is 0 Å². The smallest absolute Gasteiger partial charge is 0.284 e. The second-order valence-corrected chi connectivity index (χ2v) is 7.59. The molecule has 1 saturated heterocycles. The lowest BCUT2D eigenvalue weighted by atomic mass is 10.3. The van der Waals surface area contributed by atoms with Gasteiger partial charge in [0.05, 0.1) is 16.1 Å². The van der Waals surface area contributed by atoms with Gasteiger partial charge in [-0.25, -0.2) is 4.39 Å². The normalized spacial score (nSPS) is 18.5. The minimum Gasteiger partial charge on any atom is -0.465 e. The molecule has 0 N–H and O–H groups in total. The van der Waals surface area contributed by atoms with Gasteiger partial charge in [0.2, 0.25) is 0 Å². The molecule has 0 saturated carbocycles. The van der Waals surface area contributed by atoms with Crippen molar-refractivity contribution in [3.63, 3.8) is 0 Å². The van der Waals surface area contributed by atoms with Crippen molar-refractivity contribution in [2.75, 3.05) is 6.54 Å². The summed E-state index contributed by atoms with van der Waals surface area (Å²) in [4.78, 5) is 13.8. The van der Waals surface area contributed by atoms with Gasteiger partial charge in [-0.3, -0.25) is 9.69 Å². The van der Waals surface area contributed by atoms with E-state index in [4.69, 9.17) is 4.42 Å². The number of halogens is 1. The van der Waals surface area contributed by atoms with E-state index in [0.717, 1.165) is 36.0 Å². The summed E-state index contributed by atoms with van der Waals surface area (Å²) in [6, 6.07) is 7.71. The molecular weight excluding hydrogens is 367 g/mol. The summed E-state index contributed by atoms with van der Waals surface area (Å²) in [6.45, 7) is 1.98. The highest BCUT2D eigenvalue weighted by atomic mass is 32.2. The Labute approximate surface area is 148 Å². The quantitative estimate of drug-likeness (QED) is 0.762. The molecule has 6 nitrogen and oxygen atoms in total. The van der Waals surface area contributed by atoms with Gasteiger partial charge < -0.3 is 4.42 Å². The number of carbonyl (C=O) groups is 1. The van der Waals surface area contributed by atoms with E-state index in [0.29, 0.717) is 10.7 Å². The van der Waals surface area contributed by atoms with Gasteiger partial charge in [0.1, 0.15) is 11.6 Å². The van der Waals surface area contributed by atoms with Crippen LogP contribution in [0.25, 0.3) is 6.08 Å². The Morgan fingerprint density at radius 2 is 2.00 bits per heavy atom. The number of hydrogen-bond donors (Lipinski definition) is 0. The fourth-order valence-corrected chi connectivity index (χ4v) is 4.34. The number of amides is 1. The van der Waals surface area contributed by atoms with Crippen LogP contribution in [-0.4, -0.2) is 30.9 Å². The molecule has 3 rings (SSSR count). The second-order valence-electron chi connectivity index (χ2n) is 4.98. The zero-order valence-corrected chi connectivity index (χ0v) is 14.7. The Kier molecular flexibility index (Phi) is 4.78. The van der Waals surface area contributed by atoms with Crippen molar-refractivity contribution < 1.29 is 22.0 Å². The third-order valence-electron chi connectivity index (χ3n) is 3.33. The third kappa shape index (κ3) is 3.67. The number of thioether (sulfide) groups is 1. The van der Waals surface area contributed by atoms with Gasteiger partial charge in [0.25, 0.3) is 15.9 Å². The molecule has 1 amide bonds. The van der Waals surface area contributed by atoms with Crippen LogP contribution < -0.4 is 0 Å². The third-order valence-corrected chi connectivity index (χ3v) is 5.73. The Bertz CT molecular complexity index is 949. The molecule has 2 aromatic rings. The van der Waals surface area contributed by atoms with Crippen molar-refractivity contribution in [2.24, 2.45) is 4.40 Å². The number of hydrogen-bond acceptors (Lipinski definition) is 5. The molecule has 0 unspecified atom stereocenters. The van der Waals surface area contributed by atoms with Crippen LogP contribution in [-0.2, 0) is 14.8 Å². The molecule has 0 bridgehead atoms. The van der Waals surface area contributed by atoms with Crippen LogP contribution in [0.5, 0.6) is 0 Å². The summed E-state index contributed by atoms with van der Waals surface area (Å²) >= 11 is 0.949. The molecule has 1 aliphatic heterocycles. The summed E-state index contributed by atoms with van der Waals surface area (Å²) < 4.78 is 46.7. The van der Waals surface area contributed by atoms with Gasteiger partial charge in [-0.15, -0.1) is 4.40 Å². The summed E-state index contributed by atoms with van der Waals surface area (Å²) in [5.41, 5.74) is 0. The van der Waals surface area contributed by atoms with Crippen LogP contribution in [0.1, 0.15) is 12.7 Å². The minimum atomic E-state index is -4.06. The van der Waals surface area contributed by atoms with Crippen LogP contribution in [0, 0.1) is 5.82 Å². The van der Waals surface area contributed by atoms with Crippen LogP contribution >= 0.6 is 11.8 Å². The lowest BCUT2D eigenvalue weighted by Gasteiger charge is -2.11. The molecule has 0 radical (unpaired) electrons. The number of nitrogens with zero attached hydrogens (tertiary/aromatic N) is 2. The van der Waals surface area contributed by atoms with Gasteiger partial charge in [-0.2, -0.15) is 8.42 Å². The molecule has 0 atom stereocenters. The van der Waals surface area contributed by atoms with Crippen molar-refractivity contribution in [3.05, 3.63) is 59.1 Å². The molecule has 0 aliphatic carbocycles. The number of rotatable bonds is 4. The number of furan rings is 1. The molecule has 130 valence electrons. The predicted molar refractivity (Wildman–Crippen MR) is 92.7 cm³/mol. The van der Waals surface area contributed by atoms with E-state index < -0.39 is 15.8 Å². The van der Waals surface area contributed by atoms with Gasteiger partial charge in [0.15, 0.2) is 5.17 Å². The van der Waals surface area contributed by atoms with Crippen molar-refractivity contribution >= 4 is 38.9 Å². The van der Waals surface area contributed by atoms with Crippen LogP contribution in [0.3, 0.4) is 0 Å². The number of benzene rings is 1. The summed E-state index contributed by atoms with van der Waals surface area (Å²) in [6.07, 6.45) is 3.00. The van der Waals surface area contributed by atoms with E-state index in [1.54, 1.807) is 19.1 Å². The molecule has 1 aliphatic rings.